The molecular formula is C26H27N3O3. The van der Waals surface area contributed by atoms with Crippen LogP contribution in [-0.4, -0.2) is 16.8 Å². The van der Waals surface area contributed by atoms with Gasteiger partial charge >= 0.3 is 11.8 Å². The number of carbonyl (C=O) groups excluding carboxylic acids is 2. The fourth-order valence-electron chi connectivity index (χ4n) is 3.72. The number of hydrogen-bond donors (Lipinski definition) is 2. The molecule has 6 nitrogen and oxygen atoms in total. The van der Waals surface area contributed by atoms with E-state index in [0.29, 0.717) is 29.2 Å². The van der Waals surface area contributed by atoms with Crippen LogP contribution in [0.25, 0.3) is 0 Å². The molecule has 32 heavy (non-hydrogen) atoms. The molecule has 164 valence electrons. The first-order chi connectivity index (χ1) is 15.4. The number of nitrogens with zero attached hydrogens (tertiary/aromatic N) is 1. The van der Waals surface area contributed by atoms with Crippen molar-refractivity contribution < 1.29 is 14.3 Å². The van der Waals surface area contributed by atoms with E-state index in [4.69, 9.17) is 4.74 Å². The molecule has 1 aliphatic rings. The molecule has 3 unspecified atom stereocenters. The molecule has 1 heterocycles. The van der Waals surface area contributed by atoms with Crippen LogP contribution >= 0.6 is 0 Å². The highest BCUT2D eigenvalue weighted by Crippen LogP contribution is 2.46. The highest BCUT2D eigenvalue weighted by molar-refractivity contribution is 6.39. The van der Waals surface area contributed by atoms with E-state index in [1.807, 2.05) is 62.4 Å². The zero-order valence-electron chi connectivity index (χ0n) is 18.5. The van der Waals surface area contributed by atoms with Crippen molar-refractivity contribution in [3.63, 3.8) is 0 Å². The van der Waals surface area contributed by atoms with Crippen molar-refractivity contribution in [3.8, 4) is 11.6 Å². The number of benzene rings is 2. The number of aryl methyl sites for hydroxylation is 2. The summed E-state index contributed by atoms with van der Waals surface area (Å²) in [6.45, 7) is 6.21. The molecule has 0 bridgehead atoms. The minimum absolute atomic E-state index is 0.170. The summed E-state index contributed by atoms with van der Waals surface area (Å²) in [6.07, 6.45) is 2.51. The van der Waals surface area contributed by atoms with E-state index < -0.39 is 11.8 Å². The second kappa shape index (κ2) is 9.22. The summed E-state index contributed by atoms with van der Waals surface area (Å²) in [5.41, 5.74) is 3.75. The molecule has 1 saturated carbocycles. The molecule has 2 amide bonds. The van der Waals surface area contributed by atoms with Crippen LogP contribution in [0.15, 0.2) is 66.9 Å². The van der Waals surface area contributed by atoms with Crippen molar-refractivity contribution in [1.82, 2.24) is 10.3 Å². The third-order valence-corrected chi connectivity index (χ3v) is 5.95. The second-order valence-corrected chi connectivity index (χ2v) is 8.43. The Morgan fingerprint density at radius 1 is 1.00 bits per heavy atom. The first-order valence-corrected chi connectivity index (χ1v) is 10.8. The average Bonchev–Trinajstić information content (AvgIpc) is 3.52. The average molecular weight is 430 g/mol. The summed E-state index contributed by atoms with van der Waals surface area (Å²) < 4.78 is 5.76. The lowest BCUT2D eigenvalue weighted by Gasteiger charge is -2.19. The first-order valence-electron chi connectivity index (χ1n) is 10.8. The minimum Gasteiger partial charge on any atom is -0.439 e. The molecule has 1 aromatic heterocycles. The van der Waals surface area contributed by atoms with E-state index in [-0.39, 0.29) is 6.04 Å². The highest BCUT2D eigenvalue weighted by Gasteiger charge is 2.41. The summed E-state index contributed by atoms with van der Waals surface area (Å²) in [5.74, 6) is 0.591. The zero-order valence-corrected chi connectivity index (χ0v) is 18.5. The van der Waals surface area contributed by atoms with Gasteiger partial charge in [-0.05, 0) is 67.0 Å². The van der Waals surface area contributed by atoms with Crippen LogP contribution in [0.2, 0.25) is 0 Å². The van der Waals surface area contributed by atoms with Crippen LogP contribution in [0.3, 0.4) is 0 Å². The number of carbonyl (C=O) groups is 2. The number of amides is 2. The molecule has 2 N–H and O–H groups in total. The minimum atomic E-state index is -0.719. The van der Waals surface area contributed by atoms with Gasteiger partial charge in [0, 0.05) is 6.07 Å². The smallest absolute Gasteiger partial charge is 0.313 e. The lowest BCUT2D eigenvalue weighted by Crippen LogP contribution is -2.38. The van der Waals surface area contributed by atoms with Gasteiger partial charge in [-0.3, -0.25) is 9.59 Å². The number of rotatable bonds is 6. The quantitative estimate of drug-likeness (QED) is 0.544. The third-order valence-electron chi connectivity index (χ3n) is 5.95. The van der Waals surface area contributed by atoms with Gasteiger partial charge in [0.25, 0.3) is 0 Å². The van der Waals surface area contributed by atoms with Crippen LogP contribution < -0.4 is 15.4 Å². The number of nitrogens with one attached hydrogen (secondary N) is 2. The summed E-state index contributed by atoms with van der Waals surface area (Å²) in [5, 5.41) is 5.51. The van der Waals surface area contributed by atoms with Crippen LogP contribution in [-0.2, 0) is 9.59 Å². The van der Waals surface area contributed by atoms with Crippen molar-refractivity contribution in [1.29, 1.82) is 0 Å². The van der Waals surface area contributed by atoms with E-state index in [0.717, 1.165) is 17.5 Å². The van der Waals surface area contributed by atoms with E-state index in [9.17, 15) is 9.59 Å². The van der Waals surface area contributed by atoms with Gasteiger partial charge in [0.2, 0.25) is 5.88 Å². The molecule has 0 aliphatic heterocycles. The van der Waals surface area contributed by atoms with Gasteiger partial charge in [-0.2, -0.15) is 0 Å². The maximum absolute atomic E-state index is 12.6. The Kier molecular flexibility index (Phi) is 6.21. The molecule has 3 atom stereocenters. The maximum atomic E-state index is 12.6. The van der Waals surface area contributed by atoms with Crippen LogP contribution in [0.4, 0.5) is 5.69 Å². The third kappa shape index (κ3) is 5.14. The Morgan fingerprint density at radius 3 is 2.38 bits per heavy atom. The molecule has 4 rings (SSSR count). The van der Waals surface area contributed by atoms with Crippen molar-refractivity contribution in [2.24, 2.45) is 11.8 Å². The normalized spacial score (nSPS) is 17.8. The lowest BCUT2D eigenvalue weighted by molar-refractivity contribution is -0.136. The molecule has 0 radical (unpaired) electrons. The summed E-state index contributed by atoms with van der Waals surface area (Å²) in [7, 11) is 0. The van der Waals surface area contributed by atoms with E-state index >= 15 is 0 Å². The topological polar surface area (TPSA) is 80.3 Å². The number of hydrogen-bond acceptors (Lipinski definition) is 4. The Labute approximate surface area is 188 Å². The maximum Gasteiger partial charge on any atom is 0.313 e. The standard InChI is InChI=1S/C26H27N3O3/c1-16-9-11-21(13-17(16)2)32-23-12-10-20(15-27-23)28-25(30)26(31)29-24(22-14-18(22)3)19-7-5-4-6-8-19/h4-13,15,18,22,24H,14H2,1-3H3,(H,28,30)(H,29,31). The van der Waals surface area contributed by atoms with Crippen molar-refractivity contribution in [2.75, 3.05) is 5.32 Å². The molecule has 2 aromatic carbocycles. The second-order valence-electron chi connectivity index (χ2n) is 8.43. The fraction of sp³-hybridized carbons (Fsp3) is 0.269. The molecule has 1 aliphatic carbocycles. The van der Waals surface area contributed by atoms with Gasteiger partial charge in [0.1, 0.15) is 5.75 Å². The largest absolute Gasteiger partial charge is 0.439 e. The monoisotopic (exact) mass is 429 g/mol. The van der Waals surface area contributed by atoms with E-state index in [1.165, 1.54) is 11.8 Å². The SMILES string of the molecule is Cc1ccc(Oc2ccc(NC(=O)C(=O)NC(c3ccccc3)C3CC3C)cn2)cc1C. The number of aromatic nitrogens is 1. The molecular weight excluding hydrogens is 402 g/mol. The lowest BCUT2D eigenvalue weighted by atomic mass is 10.0. The number of ether oxygens (including phenoxy) is 1. The van der Waals surface area contributed by atoms with Crippen molar-refractivity contribution in [3.05, 3.63) is 83.6 Å². The Hall–Kier alpha value is -3.67. The molecule has 1 fully saturated rings. The summed E-state index contributed by atoms with van der Waals surface area (Å²) in [4.78, 5) is 29.3. The van der Waals surface area contributed by atoms with Crippen LogP contribution in [0, 0.1) is 25.7 Å². The Morgan fingerprint density at radius 2 is 1.75 bits per heavy atom. The van der Waals surface area contributed by atoms with Gasteiger partial charge in [-0.1, -0.05) is 43.3 Å². The predicted octanol–water partition coefficient (Wildman–Crippen LogP) is 4.94. The van der Waals surface area contributed by atoms with Gasteiger partial charge in [0.15, 0.2) is 0 Å². The Bertz CT molecular complexity index is 1110. The Balaban J connectivity index is 1.36. The van der Waals surface area contributed by atoms with Crippen molar-refractivity contribution in [2.45, 2.75) is 33.2 Å². The molecule has 0 spiro atoms. The van der Waals surface area contributed by atoms with Gasteiger partial charge in [0.05, 0.1) is 17.9 Å². The van der Waals surface area contributed by atoms with Crippen LogP contribution in [0.1, 0.15) is 36.1 Å². The predicted molar refractivity (Wildman–Crippen MR) is 123 cm³/mol. The number of pyridine rings is 1. The number of anilines is 1. The van der Waals surface area contributed by atoms with Gasteiger partial charge < -0.3 is 15.4 Å². The molecule has 6 heteroatoms. The van der Waals surface area contributed by atoms with E-state index in [2.05, 4.69) is 22.5 Å². The van der Waals surface area contributed by atoms with Crippen molar-refractivity contribution >= 4 is 17.5 Å². The van der Waals surface area contributed by atoms with E-state index in [1.54, 1.807) is 12.1 Å². The summed E-state index contributed by atoms with van der Waals surface area (Å²) >= 11 is 0. The van der Waals surface area contributed by atoms with Crippen LogP contribution in [0.5, 0.6) is 11.6 Å². The fourth-order valence-corrected chi connectivity index (χ4v) is 3.72. The highest BCUT2D eigenvalue weighted by atomic mass is 16.5. The van der Waals surface area contributed by atoms with Gasteiger partial charge in [-0.15, -0.1) is 0 Å². The van der Waals surface area contributed by atoms with Gasteiger partial charge in [-0.25, -0.2) is 4.98 Å². The summed E-state index contributed by atoms with van der Waals surface area (Å²) in [6, 6.07) is 18.7. The zero-order chi connectivity index (χ0) is 22.7. The molecule has 3 aromatic rings. The first kappa shape index (κ1) is 21.6. The molecule has 0 saturated heterocycles.